The third-order valence-corrected chi connectivity index (χ3v) is 3.87. The highest BCUT2D eigenvalue weighted by Crippen LogP contribution is 2.38. The Morgan fingerprint density at radius 2 is 2.00 bits per heavy atom. The van der Waals surface area contributed by atoms with Gasteiger partial charge in [-0.15, -0.1) is 0 Å². The summed E-state index contributed by atoms with van der Waals surface area (Å²) in [6, 6.07) is 0.559. The molecule has 2 heteroatoms. The number of allylic oxidation sites excluding steroid dienone is 6. The molecule has 1 saturated carbocycles. The smallest absolute Gasteiger partial charge is 0.104 e. The Kier molecular flexibility index (Phi) is 2.35. The van der Waals surface area contributed by atoms with Crippen LogP contribution in [0.15, 0.2) is 47.3 Å². The molecule has 0 aromatic rings. The first kappa shape index (κ1) is 9.76. The van der Waals surface area contributed by atoms with Crippen LogP contribution in [0.1, 0.15) is 25.7 Å². The van der Waals surface area contributed by atoms with Gasteiger partial charge in [-0.05, 0) is 18.4 Å². The molecule has 3 aliphatic rings. The van der Waals surface area contributed by atoms with Gasteiger partial charge in [0.05, 0.1) is 0 Å². The molecule has 0 saturated heterocycles. The normalized spacial score (nSPS) is 32.4. The molecule has 1 fully saturated rings. The van der Waals surface area contributed by atoms with E-state index in [0.717, 1.165) is 5.82 Å². The molecule has 3 rings (SSSR count). The van der Waals surface area contributed by atoms with Gasteiger partial charge in [0.15, 0.2) is 0 Å². The van der Waals surface area contributed by atoms with Crippen LogP contribution in [0.25, 0.3) is 0 Å². The highest BCUT2D eigenvalue weighted by molar-refractivity contribution is 5.50. The molecule has 1 heterocycles. The number of hydrogen-bond donors (Lipinski definition) is 2. The zero-order valence-corrected chi connectivity index (χ0v) is 9.45. The summed E-state index contributed by atoms with van der Waals surface area (Å²) in [6.07, 6.45) is 15.9. The van der Waals surface area contributed by atoms with Gasteiger partial charge in [0.2, 0.25) is 0 Å². The Labute approximate surface area is 96.6 Å². The lowest BCUT2D eigenvalue weighted by Gasteiger charge is -2.39. The van der Waals surface area contributed by atoms with E-state index in [4.69, 9.17) is 5.73 Å². The van der Waals surface area contributed by atoms with Crippen LogP contribution in [0.4, 0.5) is 0 Å². The minimum atomic E-state index is 0.559. The quantitative estimate of drug-likeness (QED) is 0.649. The summed E-state index contributed by atoms with van der Waals surface area (Å²) in [5.41, 5.74) is 8.75. The lowest BCUT2D eigenvalue weighted by Crippen LogP contribution is -2.45. The van der Waals surface area contributed by atoms with Crippen molar-refractivity contribution in [2.75, 3.05) is 0 Å². The Hall–Kier alpha value is -1.44. The number of nitrogens with two attached hydrogens (primary N) is 1. The lowest BCUT2D eigenvalue weighted by atomic mass is 9.75. The van der Waals surface area contributed by atoms with Crippen molar-refractivity contribution in [3.8, 4) is 0 Å². The molecule has 2 unspecified atom stereocenters. The fourth-order valence-corrected chi connectivity index (χ4v) is 3.08. The fraction of sp³-hybridized carbons (Fsp3) is 0.429. The van der Waals surface area contributed by atoms with Gasteiger partial charge in [-0.25, -0.2) is 0 Å². The molecular formula is C14H18N2. The van der Waals surface area contributed by atoms with E-state index >= 15 is 0 Å². The van der Waals surface area contributed by atoms with Crippen LogP contribution >= 0.6 is 0 Å². The second-order valence-corrected chi connectivity index (χ2v) is 4.84. The molecule has 1 aliphatic heterocycles. The molecule has 0 aromatic heterocycles. The number of rotatable bonds is 0. The van der Waals surface area contributed by atoms with Gasteiger partial charge in [-0.2, -0.15) is 0 Å². The summed E-state index contributed by atoms with van der Waals surface area (Å²) < 4.78 is 0. The van der Waals surface area contributed by atoms with E-state index in [1.165, 1.54) is 36.8 Å². The largest absolute Gasteiger partial charge is 0.385 e. The third kappa shape index (κ3) is 1.49. The van der Waals surface area contributed by atoms with E-state index in [-0.39, 0.29) is 0 Å². The molecule has 0 radical (unpaired) electrons. The van der Waals surface area contributed by atoms with Crippen LogP contribution in [0.3, 0.4) is 0 Å². The highest BCUT2D eigenvalue weighted by atomic mass is 15.0. The van der Waals surface area contributed by atoms with Crippen LogP contribution in [0.2, 0.25) is 0 Å². The van der Waals surface area contributed by atoms with E-state index in [0.29, 0.717) is 12.0 Å². The standard InChI is InChI=1S/C14H18N2/c15-14-12-8-3-1-2-6-10(12)11-7-4-5-9-13(11)16-14/h1-3,6,8,11,13,16H,4-5,7,9,15H2. The first-order chi connectivity index (χ1) is 7.86. The number of fused-ring (bicyclic) bond motifs is 3. The van der Waals surface area contributed by atoms with Crippen molar-refractivity contribution in [3.63, 3.8) is 0 Å². The summed E-state index contributed by atoms with van der Waals surface area (Å²) in [4.78, 5) is 0. The molecule has 2 aliphatic carbocycles. The molecule has 2 nitrogen and oxygen atoms in total. The van der Waals surface area contributed by atoms with Crippen molar-refractivity contribution >= 4 is 0 Å². The SMILES string of the molecule is NC1=C2C=CC=CC=C2C2CCCCC2N1. The van der Waals surface area contributed by atoms with Crippen molar-refractivity contribution in [1.82, 2.24) is 5.32 Å². The first-order valence-electron chi connectivity index (χ1n) is 6.18. The lowest BCUT2D eigenvalue weighted by molar-refractivity contribution is 0.302. The molecular weight excluding hydrogens is 196 g/mol. The summed E-state index contributed by atoms with van der Waals surface area (Å²) in [6.45, 7) is 0. The summed E-state index contributed by atoms with van der Waals surface area (Å²) in [5.74, 6) is 1.51. The van der Waals surface area contributed by atoms with Gasteiger partial charge in [-0.3, -0.25) is 0 Å². The number of hydrogen-bond acceptors (Lipinski definition) is 2. The maximum Gasteiger partial charge on any atom is 0.104 e. The molecule has 84 valence electrons. The third-order valence-electron chi connectivity index (χ3n) is 3.87. The van der Waals surface area contributed by atoms with E-state index in [1.807, 2.05) is 0 Å². The highest BCUT2D eigenvalue weighted by Gasteiger charge is 2.33. The summed E-state index contributed by atoms with van der Waals surface area (Å²) in [7, 11) is 0. The number of nitrogens with one attached hydrogen (secondary N) is 1. The van der Waals surface area contributed by atoms with Crippen molar-refractivity contribution < 1.29 is 0 Å². The van der Waals surface area contributed by atoms with E-state index in [9.17, 15) is 0 Å². The van der Waals surface area contributed by atoms with Crippen LogP contribution in [0, 0.1) is 5.92 Å². The zero-order chi connectivity index (χ0) is 11.0. The topological polar surface area (TPSA) is 38.0 Å². The van der Waals surface area contributed by atoms with Crippen molar-refractivity contribution in [3.05, 3.63) is 47.3 Å². The van der Waals surface area contributed by atoms with Crippen LogP contribution < -0.4 is 11.1 Å². The van der Waals surface area contributed by atoms with Crippen LogP contribution in [-0.2, 0) is 0 Å². The first-order valence-corrected chi connectivity index (χ1v) is 6.18. The second-order valence-electron chi connectivity index (χ2n) is 4.84. The minimum Gasteiger partial charge on any atom is -0.385 e. The van der Waals surface area contributed by atoms with Gasteiger partial charge >= 0.3 is 0 Å². The zero-order valence-electron chi connectivity index (χ0n) is 9.45. The van der Waals surface area contributed by atoms with Crippen molar-refractivity contribution in [2.45, 2.75) is 31.7 Å². The Morgan fingerprint density at radius 1 is 1.12 bits per heavy atom. The fourth-order valence-electron chi connectivity index (χ4n) is 3.08. The van der Waals surface area contributed by atoms with E-state index in [2.05, 4.69) is 35.7 Å². The molecule has 2 atom stereocenters. The van der Waals surface area contributed by atoms with Gasteiger partial charge in [0.1, 0.15) is 5.82 Å². The van der Waals surface area contributed by atoms with Crippen molar-refractivity contribution in [2.24, 2.45) is 11.7 Å². The molecule has 0 bridgehead atoms. The molecule has 16 heavy (non-hydrogen) atoms. The minimum absolute atomic E-state index is 0.559. The van der Waals surface area contributed by atoms with Gasteiger partial charge in [-0.1, -0.05) is 43.2 Å². The van der Waals surface area contributed by atoms with E-state index in [1.54, 1.807) is 0 Å². The summed E-state index contributed by atoms with van der Waals surface area (Å²) >= 11 is 0. The second kappa shape index (κ2) is 3.85. The van der Waals surface area contributed by atoms with Crippen molar-refractivity contribution in [1.29, 1.82) is 0 Å². The Bertz CT molecular complexity index is 412. The van der Waals surface area contributed by atoms with Crippen LogP contribution in [0.5, 0.6) is 0 Å². The van der Waals surface area contributed by atoms with Gasteiger partial charge < -0.3 is 11.1 Å². The van der Waals surface area contributed by atoms with Gasteiger partial charge in [0.25, 0.3) is 0 Å². The molecule has 0 aromatic carbocycles. The molecule has 3 N–H and O–H groups in total. The Balaban J connectivity index is 2.05. The average Bonchev–Trinajstić information content (AvgIpc) is 2.55. The summed E-state index contributed by atoms with van der Waals surface area (Å²) in [5, 5.41) is 3.48. The average molecular weight is 214 g/mol. The van der Waals surface area contributed by atoms with E-state index < -0.39 is 0 Å². The maximum absolute atomic E-state index is 6.11. The predicted molar refractivity (Wildman–Crippen MR) is 66.5 cm³/mol. The molecule has 0 spiro atoms. The monoisotopic (exact) mass is 214 g/mol. The van der Waals surface area contributed by atoms with Crippen LogP contribution in [-0.4, -0.2) is 6.04 Å². The van der Waals surface area contributed by atoms with Gasteiger partial charge in [0, 0.05) is 17.5 Å². The molecule has 0 amide bonds. The Morgan fingerprint density at radius 3 is 2.94 bits per heavy atom. The maximum atomic E-state index is 6.11. The predicted octanol–water partition coefficient (Wildman–Crippen LogP) is 2.37.